The van der Waals surface area contributed by atoms with Crippen LogP contribution in [0.4, 0.5) is 0 Å². The summed E-state index contributed by atoms with van der Waals surface area (Å²) in [6, 6.07) is 8.56. The van der Waals surface area contributed by atoms with E-state index in [1.54, 1.807) is 11.8 Å². The summed E-state index contributed by atoms with van der Waals surface area (Å²) in [5.74, 6) is 2.68. The molecule has 1 heterocycles. The van der Waals surface area contributed by atoms with E-state index in [2.05, 4.69) is 53.6 Å². The first-order chi connectivity index (χ1) is 9.63. The molecular weight excluding hydrogens is 270 g/mol. The van der Waals surface area contributed by atoms with Gasteiger partial charge in [0.15, 0.2) is 0 Å². The van der Waals surface area contributed by atoms with Crippen molar-refractivity contribution in [2.75, 3.05) is 6.54 Å². The zero-order chi connectivity index (χ0) is 14.4. The molecule has 108 valence electrons. The number of nitrogens with zero attached hydrogens (tertiary/aromatic N) is 2. The Bertz CT molecular complexity index is 539. The maximum atomic E-state index is 5.37. The summed E-state index contributed by atoms with van der Waals surface area (Å²) < 4.78 is 5.37. The maximum Gasteiger partial charge on any atom is 0.226 e. The van der Waals surface area contributed by atoms with Gasteiger partial charge < -0.3 is 9.73 Å². The van der Waals surface area contributed by atoms with Crippen molar-refractivity contribution in [1.29, 1.82) is 0 Å². The topological polar surface area (TPSA) is 51.0 Å². The summed E-state index contributed by atoms with van der Waals surface area (Å²) in [5, 5.41) is 11.3. The van der Waals surface area contributed by atoms with Gasteiger partial charge in [-0.15, -0.1) is 22.0 Å². The van der Waals surface area contributed by atoms with E-state index in [9.17, 15) is 0 Å². The fourth-order valence-electron chi connectivity index (χ4n) is 1.79. The normalized spacial score (nSPS) is 11.2. The van der Waals surface area contributed by atoms with Gasteiger partial charge in [0, 0.05) is 18.4 Å². The highest BCUT2D eigenvalue weighted by Gasteiger charge is 2.04. The van der Waals surface area contributed by atoms with Gasteiger partial charge in [-0.25, -0.2) is 0 Å². The minimum atomic E-state index is 0.618. The van der Waals surface area contributed by atoms with Gasteiger partial charge in [0.25, 0.3) is 0 Å². The van der Waals surface area contributed by atoms with Gasteiger partial charge in [0.05, 0.1) is 5.75 Å². The average Bonchev–Trinajstić information content (AvgIpc) is 2.82. The molecule has 0 fully saturated rings. The van der Waals surface area contributed by atoms with E-state index >= 15 is 0 Å². The molecule has 0 saturated heterocycles. The van der Waals surface area contributed by atoms with E-state index in [4.69, 9.17) is 4.42 Å². The van der Waals surface area contributed by atoms with Crippen LogP contribution in [-0.2, 0) is 12.3 Å². The molecule has 0 atom stereocenters. The van der Waals surface area contributed by atoms with Crippen LogP contribution in [0, 0.1) is 12.8 Å². The van der Waals surface area contributed by atoms with Crippen LogP contribution in [0.15, 0.2) is 33.6 Å². The Hall–Kier alpha value is -1.33. The minimum Gasteiger partial charge on any atom is -0.425 e. The smallest absolute Gasteiger partial charge is 0.226 e. The molecule has 2 rings (SSSR count). The first-order valence-electron chi connectivity index (χ1n) is 6.85. The predicted octanol–water partition coefficient (Wildman–Crippen LogP) is 3.42. The van der Waals surface area contributed by atoms with Crippen molar-refractivity contribution in [2.24, 2.45) is 5.92 Å². The third-order valence-electron chi connectivity index (χ3n) is 2.71. The van der Waals surface area contributed by atoms with Crippen molar-refractivity contribution < 1.29 is 4.42 Å². The summed E-state index contributed by atoms with van der Waals surface area (Å²) in [7, 11) is 0. The Balaban J connectivity index is 1.85. The molecule has 0 radical (unpaired) electrons. The van der Waals surface area contributed by atoms with Crippen LogP contribution in [0.1, 0.15) is 31.2 Å². The molecule has 5 heteroatoms. The van der Waals surface area contributed by atoms with E-state index < -0.39 is 0 Å². The number of rotatable bonds is 7. The number of thioether (sulfide) groups is 1. The Kier molecular flexibility index (Phi) is 5.61. The van der Waals surface area contributed by atoms with Gasteiger partial charge in [-0.05, 0) is 30.2 Å². The largest absolute Gasteiger partial charge is 0.425 e. The van der Waals surface area contributed by atoms with Gasteiger partial charge in [0.1, 0.15) is 0 Å². The van der Waals surface area contributed by atoms with Crippen LogP contribution in [0.3, 0.4) is 0 Å². The van der Waals surface area contributed by atoms with Gasteiger partial charge >= 0.3 is 0 Å². The molecule has 1 N–H and O–H groups in total. The third-order valence-corrected chi connectivity index (χ3v) is 3.69. The lowest BCUT2D eigenvalue weighted by Gasteiger charge is -2.08. The van der Waals surface area contributed by atoms with Crippen molar-refractivity contribution in [2.45, 2.75) is 38.0 Å². The molecule has 0 bridgehead atoms. The monoisotopic (exact) mass is 291 g/mol. The second-order valence-electron chi connectivity index (χ2n) is 5.18. The lowest BCUT2D eigenvalue weighted by Crippen LogP contribution is -2.18. The van der Waals surface area contributed by atoms with E-state index in [0.29, 0.717) is 23.5 Å². The third kappa shape index (κ3) is 4.98. The van der Waals surface area contributed by atoms with Gasteiger partial charge in [-0.3, -0.25) is 0 Å². The summed E-state index contributed by atoms with van der Waals surface area (Å²) in [5.41, 5.74) is 1.30. The summed E-state index contributed by atoms with van der Waals surface area (Å²) in [6.07, 6.45) is 0. The fourth-order valence-corrected chi connectivity index (χ4v) is 2.61. The highest BCUT2D eigenvalue weighted by atomic mass is 32.2. The molecule has 0 spiro atoms. The van der Waals surface area contributed by atoms with Gasteiger partial charge in [-0.2, -0.15) is 0 Å². The molecule has 1 aromatic carbocycles. The SMILES string of the molecule is Cc1nnc(CSc2cccc(CNCC(C)C)c2)o1. The molecule has 2 aromatic rings. The standard InChI is InChI=1S/C15H21N3OS/c1-11(2)8-16-9-13-5-4-6-14(7-13)20-10-15-18-17-12(3)19-15/h4-7,11,16H,8-10H2,1-3H3. The lowest BCUT2D eigenvalue weighted by atomic mass is 10.2. The highest BCUT2D eigenvalue weighted by Crippen LogP contribution is 2.23. The molecule has 0 unspecified atom stereocenters. The summed E-state index contributed by atoms with van der Waals surface area (Å²) >= 11 is 1.72. The van der Waals surface area contributed by atoms with Gasteiger partial charge in [0.2, 0.25) is 11.8 Å². The summed E-state index contributed by atoms with van der Waals surface area (Å²) in [4.78, 5) is 1.23. The van der Waals surface area contributed by atoms with Crippen molar-refractivity contribution in [3.8, 4) is 0 Å². The minimum absolute atomic E-state index is 0.618. The zero-order valence-electron chi connectivity index (χ0n) is 12.2. The molecule has 20 heavy (non-hydrogen) atoms. The first-order valence-corrected chi connectivity index (χ1v) is 7.83. The number of aromatic nitrogens is 2. The van der Waals surface area contributed by atoms with Gasteiger partial charge in [-0.1, -0.05) is 26.0 Å². The molecule has 0 aliphatic rings. The number of aryl methyl sites for hydroxylation is 1. The second kappa shape index (κ2) is 7.45. The Morgan fingerprint density at radius 2 is 2.15 bits per heavy atom. The first kappa shape index (κ1) is 15.1. The van der Waals surface area contributed by atoms with E-state index in [1.165, 1.54) is 10.5 Å². The molecule has 0 saturated carbocycles. The Labute approximate surface area is 124 Å². The van der Waals surface area contributed by atoms with E-state index in [1.807, 2.05) is 6.92 Å². The van der Waals surface area contributed by atoms with Crippen molar-refractivity contribution in [1.82, 2.24) is 15.5 Å². The predicted molar refractivity (Wildman–Crippen MR) is 81.6 cm³/mol. The summed E-state index contributed by atoms with van der Waals surface area (Å²) in [6.45, 7) is 8.18. The Morgan fingerprint density at radius 1 is 1.30 bits per heavy atom. The molecule has 4 nitrogen and oxygen atoms in total. The number of hydrogen-bond acceptors (Lipinski definition) is 5. The quantitative estimate of drug-likeness (QED) is 0.792. The van der Waals surface area contributed by atoms with Crippen LogP contribution < -0.4 is 5.32 Å². The Morgan fingerprint density at radius 3 is 2.85 bits per heavy atom. The van der Waals surface area contributed by atoms with Crippen molar-refractivity contribution >= 4 is 11.8 Å². The number of benzene rings is 1. The van der Waals surface area contributed by atoms with Crippen molar-refractivity contribution in [3.63, 3.8) is 0 Å². The molecule has 0 amide bonds. The molecule has 1 aromatic heterocycles. The van der Waals surface area contributed by atoms with E-state index in [0.717, 1.165) is 13.1 Å². The van der Waals surface area contributed by atoms with Crippen LogP contribution >= 0.6 is 11.8 Å². The highest BCUT2D eigenvalue weighted by molar-refractivity contribution is 7.98. The van der Waals surface area contributed by atoms with Crippen LogP contribution in [0.25, 0.3) is 0 Å². The van der Waals surface area contributed by atoms with Crippen molar-refractivity contribution in [3.05, 3.63) is 41.6 Å². The molecular formula is C15H21N3OS. The maximum absolute atomic E-state index is 5.37. The van der Waals surface area contributed by atoms with E-state index in [-0.39, 0.29) is 0 Å². The van der Waals surface area contributed by atoms with Crippen LogP contribution in [0.2, 0.25) is 0 Å². The average molecular weight is 291 g/mol. The molecule has 0 aliphatic carbocycles. The molecule has 0 aliphatic heterocycles. The van der Waals surface area contributed by atoms with Crippen LogP contribution in [-0.4, -0.2) is 16.7 Å². The second-order valence-corrected chi connectivity index (χ2v) is 6.22. The fraction of sp³-hybridized carbons (Fsp3) is 0.467. The zero-order valence-corrected chi connectivity index (χ0v) is 13.0. The number of nitrogens with one attached hydrogen (secondary N) is 1. The lowest BCUT2D eigenvalue weighted by molar-refractivity contribution is 0.485. The number of hydrogen-bond donors (Lipinski definition) is 1. The van der Waals surface area contributed by atoms with Crippen LogP contribution in [0.5, 0.6) is 0 Å².